The van der Waals surface area contributed by atoms with Gasteiger partial charge in [-0.3, -0.25) is 0 Å². The first-order valence-corrected chi connectivity index (χ1v) is 7.23. The minimum Gasteiger partial charge on any atom is -0.392 e. The molecule has 0 aromatic heterocycles. The van der Waals surface area contributed by atoms with Crippen LogP contribution < -0.4 is 0 Å². The lowest BCUT2D eigenvalue weighted by atomic mass is 9.69. The first kappa shape index (κ1) is 15.0. The lowest BCUT2D eigenvalue weighted by Gasteiger charge is -2.42. The lowest BCUT2D eigenvalue weighted by Crippen LogP contribution is -2.44. The summed E-state index contributed by atoms with van der Waals surface area (Å²) in [6.45, 7) is 11.2. The van der Waals surface area contributed by atoms with Gasteiger partial charge >= 0.3 is 0 Å². The van der Waals surface area contributed by atoms with E-state index in [0.717, 1.165) is 19.0 Å². The Morgan fingerprint density at radius 3 is 2.65 bits per heavy atom. The highest BCUT2D eigenvalue weighted by molar-refractivity contribution is 4.89. The molecule has 0 spiro atoms. The maximum atomic E-state index is 10.4. The van der Waals surface area contributed by atoms with Crippen molar-refractivity contribution in [2.45, 2.75) is 59.5 Å². The second-order valence-corrected chi connectivity index (χ2v) is 6.82. The Labute approximate surface area is 107 Å². The number of aliphatic hydroxyl groups is 1. The zero-order valence-corrected chi connectivity index (χ0v) is 12.4. The third kappa shape index (κ3) is 4.26. The summed E-state index contributed by atoms with van der Waals surface area (Å²) >= 11 is 0. The van der Waals surface area contributed by atoms with Crippen molar-refractivity contribution in [2.24, 2.45) is 17.3 Å². The second-order valence-electron chi connectivity index (χ2n) is 6.82. The molecule has 1 rings (SSSR count). The first-order valence-electron chi connectivity index (χ1n) is 7.23. The van der Waals surface area contributed by atoms with E-state index in [9.17, 15) is 5.11 Å². The number of nitrogens with zero attached hydrogens (tertiary/aromatic N) is 1. The molecular weight excluding hydrogens is 210 g/mol. The molecule has 0 aliphatic heterocycles. The minimum absolute atomic E-state index is 0.111. The Balaban J connectivity index is 2.45. The van der Waals surface area contributed by atoms with Crippen molar-refractivity contribution < 1.29 is 5.11 Å². The molecule has 0 bridgehead atoms. The smallest absolute Gasteiger partial charge is 0.0631 e. The maximum absolute atomic E-state index is 10.4. The molecule has 0 heterocycles. The van der Waals surface area contributed by atoms with Crippen LogP contribution in [0.3, 0.4) is 0 Å². The molecule has 0 saturated heterocycles. The molecule has 3 atom stereocenters. The Bertz CT molecular complexity index is 227. The largest absolute Gasteiger partial charge is 0.392 e. The van der Waals surface area contributed by atoms with Gasteiger partial charge in [0.05, 0.1) is 6.10 Å². The zero-order valence-electron chi connectivity index (χ0n) is 12.4. The molecule has 1 aliphatic rings. The van der Waals surface area contributed by atoms with Gasteiger partial charge in [0.1, 0.15) is 0 Å². The average Bonchev–Trinajstić information content (AvgIpc) is 2.24. The number of aliphatic hydroxyl groups excluding tert-OH is 1. The van der Waals surface area contributed by atoms with Gasteiger partial charge in [-0.15, -0.1) is 0 Å². The number of hydrogen-bond donors (Lipinski definition) is 1. The topological polar surface area (TPSA) is 23.5 Å². The fourth-order valence-electron chi connectivity index (χ4n) is 3.09. The predicted octanol–water partition coefficient (Wildman–Crippen LogP) is 3.15. The summed E-state index contributed by atoms with van der Waals surface area (Å²) in [6.07, 6.45) is 4.74. The van der Waals surface area contributed by atoms with Gasteiger partial charge in [-0.2, -0.15) is 0 Å². The van der Waals surface area contributed by atoms with Crippen LogP contribution in [-0.2, 0) is 0 Å². The molecular formula is C15H31NO. The van der Waals surface area contributed by atoms with Crippen LogP contribution in [0.4, 0.5) is 0 Å². The minimum atomic E-state index is -0.129. The summed E-state index contributed by atoms with van der Waals surface area (Å²) in [5, 5.41) is 10.4. The normalized spacial score (nSPS) is 30.5. The van der Waals surface area contributed by atoms with Gasteiger partial charge in [0.2, 0.25) is 0 Å². The van der Waals surface area contributed by atoms with Crippen LogP contribution in [0.25, 0.3) is 0 Å². The quantitative estimate of drug-likeness (QED) is 0.799. The van der Waals surface area contributed by atoms with Crippen molar-refractivity contribution in [3.63, 3.8) is 0 Å². The van der Waals surface area contributed by atoms with E-state index in [2.05, 4.69) is 39.6 Å². The van der Waals surface area contributed by atoms with Gasteiger partial charge < -0.3 is 10.0 Å². The lowest BCUT2D eigenvalue weighted by molar-refractivity contribution is -0.0416. The van der Waals surface area contributed by atoms with Crippen molar-refractivity contribution in [1.29, 1.82) is 0 Å². The Morgan fingerprint density at radius 2 is 2.06 bits per heavy atom. The van der Waals surface area contributed by atoms with E-state index in [0.29, 0.717) is 5.92 Å². The summed E-state index contributed by atoms with van der Waals surface area (Å²) in [7, 11) is 2.19. The van der Waals surface area contributed by atoms with Crippen molar-refractivity contribution in [3.05, 3.63) is 0 Å². The summed E-state index contributed by atoms with van der Waals surface area (Å²) in [5.41, 5.74) is 0.111. The highest BCUT2D eigenvalue weighted by Crippen LogP contribution is 2.39. The van der Waals surface area contributed by atoms with Crippen LogP contribution >= 0.6 is 0 Å². The molecule has 2 nitrogen and oxygen atoms in total. The fraction of sp³-hybridized carbons (Fsp3) is 1.00. The van der Waals surface area contributed by atoms with Crippen molar-refractivity contribution in [3.8, 4) is 0 Å². The Hall–Kier alpha value is -0.0800. The second kappa shape index (κ2) is 6.19. The molecule has 17 heavy (non-hydrogen) atoms. The average molecular weight is 241 g/mol. The highest BCUT2D eigenvalue weighted by Gasteiger charge is 2.37. The molecule has 1 saturated carbocycles. The maximum Gasteiger partial charge on any atom is 0.0631 e. The number of hydrogen-bond acceptors (Lipinski definition) is 2. The molecule has 3 unspecified atom stereocenters. The SMILES string of the molecule is CCC(C)CN(C)CC1CCCC(C)(C)C1O. The van der Waals surface area contributed by atoms with Crippen LogP contribution in [0, 0.1) is 17.3 Å². The summed E-state index contributed by atoms with van der Waals surface area (Å²) < 4.78 is 0. The molecule has 0 aromatic rings. The van der Waals surface area contributed by atoms with E-state index in [4.69, 9.17) is 0 Å². The van der Waals surface area contributed by atoms with E-state index >= 15 is 0 Å². The summed E-state index contributed by atoms with van der Waals surface area (Å²) in [5.74, 6) is 1.22. The van der Waals surface area contributed by atoms with E-state index in [1.165, 1.54) is 25.7 Å². The van der Waals surface area contributed by atoms with Gasteiger partial charge in [0, 0.05) is 13.1 Å². The van der Waals surface area contributed by atoms with Crippen molar-refractivity contribution in [2.75, 3.05) is 20.1 Å². The summed E-state index contributed by atoms with van der Waals surface area (Å²) in [6, 6.07) is 0. The van der Waals surface area contributed by atoms with E-state index in [1.807, 2.05) is 0 Å². The standard InChI is InChI=1S/C15H31NO/c1-6-12(2)10-16(5)11-13-8-7-9-15(3,4)14(13)17/h12-14,17H,6-11H2,1-5H3. The van der Waals surface area contributed by atoms with Crippen LogP contribution in [0.2, 0.25) is 0 Å². The van der Waals surface area contributed by atoms with E-state index in [1.54, 1.807) is 0 Å². The van der Waals surface area contributed by atoms with Gasteiger partial charge in [0.25, 0.3) is 0 Å². The first-order chi connectivity index (χ1) is 7.86. The van der Waals surface area contributed by atoms with Crippen LogP contribution in [0.5, 0.6) is 0 Å². The third-order valence-electron chi connectivity index (χ3n) is 4.51. The zero-order chi connectivity index (χ0) is 13.1. The number of rotatable bonds is 5. The van der Waals surface area contributed by atoms with Gasteiger partial charge in [-0.25, -0.2) is 0 Å². The van der Waals surface area contributed by atoms with Crippen molar-refractivity contribution in [1.82, 2.24) is 4.90 Å². The molecule has 1 aliphatic carbocycles. The summed E-state index contributed by atoms with van der Waals surface area (Å²) in [4.78, 5) is 2.41. The van der Waals surface area contributed by atoms with E-state index in [-0.39, 0.29) is 11.5 Å². The molecule has 1 N–H and O–H groups in total. The fourth-order valence-corrected chi connectivity index (χ4v) is 3.09. The van der Waals surface area contributed by atoms with Crippen LogP contribution in [0.1, 0.15) is 53.4 Å². The molecule has 0 radical (unpaired) electrons. The third-order valence-corrected chi connectivity index (χ3v) is 4.51. The Morgan fingerprint density at radius 1 is 1.41 bits per heavy atom. The molecule has 2 heteroatoms. The molecule has 1 fully saturated rings. The monoisotopic (exact) mass is 241 g/mol. The molecule has 0 amide bonds. The Kier molecular flexibility index (Phi) is 5.46. The van der Waals surface area contributed by atoms with E-state index < -0.39 is 0 Å². The van der Waals surface area contributed by atoms with Gasteiger partial charge in [0.15, 0.2) is 0 Å². The van der Waals surface area contributed by atoms with Crippen LogP contribution in [0.15, 0.2) is 0 Å². The highest BCUT2D eigenvalue weighted by atomic mass is 16.3. The molecule has 0 aromatic carbocycles. The molecule has 102 valence electrons. The van der Waals surface area contributed by atoms with Crippen molar-refractivity contribution >= 4 is 0 Å². The van der Waals surface area contributed by atoms with Gasteiger partial charge in [-0.05, 0) is 37.1 Å². The van der Waals surface area contributed by atoms with Crippen LogP contribution in [-0.4, -0.2) is 36.2 Å². The predicted molar refractivity (Wildman–Crippen MR) is 74.1 cm³/mol. The van der Waals surface area contributed by atoms with Gasteiger partial charge in [-0.1, -0.05) is 40.5 Å².